The van der Waals surface area contributed by atoms with Gasteiger partial charge in [-0.15, -0.1) is 0 Å². The van der Waals surface area contributed by atoms with E-state index < -0.39 is 60.7 Å². The monoisotopic (exact) mass is 691 g/mol. The van der Waals surface area contributed by atoms with Gasteiger partial charge in [-0.1, -0.05) is 54.6 Å². The topological polar surface area (TPSA) is 182 Å². The van der Waals surface area contributed by atoms with Crippen LogP contribution in [-0.2, 0) is 60.8 Å². The maximum Gasteiger partial charge on any atom is 0.407 e. The van der Waals surface area contributed by atoms with E-state index in [9.17, 15) is 29.1 Å². The summed E-state index contributed by atoms with van der Waals surface area (Å²) in [6, 6.07) is 20.5. The zero-order valence-electron chi connectivity index (χ0n) is 27.8. The van der Waals surface area contributed by atoms with Gasteiger partial charge in [0.2, 0.25) is 12.4 Å². The number of hydrogen-bond acceptors (Lipinski definition) is 13. The van der Waals surface area contributed by atoms with Crippen LogP contribution >= 0.6 is 0 Å². The third-order valence-electron chi connectivity index (χ3n) is 8.15. The molecule has 0 aromatic heterocycles. The molecule has 264 valence electrons. The lowest BCUT2D eigenvalue weighted by molar-refractivity contribution is -0.282. The van der Waals surface area contributed by atoms with Crippen molar-refractivity contribution in [2.24, 2.45) is 0 Å². The van der Waals surface area contributed by atoms with Gasteiger partial charge in [-0.05, 0) is 39.9 Å². The maximum atomic E-state index is 13.0. The van der Waals surface area contributed by atoms with Gasteiger partial charge >= 0.3 is 30.0 Å². The number of rotatable bonds is 11. The van der Waals surface area contributed by atoms with E-state index in [1.807, 2.05) is 48.5 Å². The summed E-state index contributed by atoms with van der Waals surface area (Å²) in [6.45, 7) is 2.84. The first kappa shape index (κ1) is 35.8. The lowest BCUT2D eigenvalue weighted by Crippen LogP contribution is -2.64. The molecule has 0 radical (unpaired) electrons. The highest BCUT2D eigenvalue weighted by molar-refractivity contribution is 5.79. The molecule has 1 saturated heterocycles. The van der Waals surface area contributed by atoms with E-state index in [0.717, 1.165) is 50.1 Å². The molecule has 1 aliphatic carbocycles. The van der Waals surface area contributed by atoms with E-state index in [-0.39, 0.29) is 31.4 Å². The summed E-state index contributed by atoms with van der Waals surface area (Å²) in [5.74, 6) is -3.57. The van der Waals surface area contributed by atoms with Crippen LogP contribution in [0.3, 0.4) is 0 Å². The minimum atomic E-state index is -1.66. The molecule has 1 heterocycles. The Bertz CT molecular complexity index is 1710. The minimum absolute atomic E-state index is 0.0792. The number of carbonyl (C=O) groups excluding carboxylic acids is 5. The molecule has 5 atom stereocenters. The van der Waals surface area contributed by atoms with Crippen LogP contribution in [-0.4, -0.2) is 79.5 Å². The van der Waals surface area contributed by atoms with Crippen LogP contribution in [0.4, 0.5) is 4.79 Å². The largest absolute Gasteiger partial charge is 0.467 e. The van der Waals surface area contributed by atoms with Gasteiger partial charge in [-0.3, -0.25) is 14.4 Å². The van der Waals surface area contributed by atoms with E-state index in [1.165, 1.54) is 6.07 Å². The average Bonchev–Trinajstić information content (AvgIpc) is 3.41. The van der Waals surface area contributed by atoms with Crippen molar-refractivity contribution < 1.29 is 62.2 Å². The Balaban J connectivity index is 1.36. The third kappa shape index (κ3) is 8.04. The highest BCUT2D eigenvalue weighted by atomic mass is 16.7. The molecule has 0 saturated carbocycles. The first-order valence-electron chi connectivity index (χ1n) is 15.7. The molecule has 2 aliphatic rings. The first-order valence-corrected chi connectivity index (χ1v) is 15.7. The summed E-state index contributed by atoms with van der Waals surface area (Å²) in [4.78, 5) is 62.1. The number of fused-ring (bicyclic) bond motifs is 3. The molecule has 1 amide bonds. The van der Waals surface area contributed by atoms with Gasteiger partial charge in [0.25, 0.3) is 0 Å². The van der Waals surface area contributed by atoms with Crippen LogP contribution in [0.1, 0.15) is 48.9 Å². The number of alkyl carbamates (subject to hydrolysis) is 1. The van der Waals surface area contributed by atoms with Gasteiger partial charge in [-0.2, -0.15) is 0 Å². The second-order valence-corrected chi connectivity index (χ2v) is 11.6. The SMILES string of the molecule is COC(=O)[C@H]1O[C@@H](Oc2ccc(CO)cc2CNC(=O)OCC2c3ccccc3-c3ccccc32)[C@H](OC(C)=O)[C@@H](OC(C)=O)[C@@H]1OC(C)=O. The van der Waals surface area contributed by atoms with Crippen LogP contribution in [0.15, 0.2) is 66.7 Å². The second-order valence-electron chi connectivity index (χ2n) is 11.6. The summed E-state index contributed by atoms with van der Waals surface area (Å²) in [5.41, 5.74) is 5.09. The molecule has 5 rings (SSSR count). The number of hydrogen-bond donors (Lipinski definition) is 2. The van der Waals surface area contributed by atoms with Crippen LogP contribution in [0, 0.1) is 0 Å². The number of amides is 1. The quantitative estimate of drug-likeness (QED) is 0.221. The molecule has 14 heteroatoms. The Hall–Kier alpha value is -5.47. The first-order chi connectivity index (χ1) is 24.0. The molecular weight excluding hydrogens is 654 g/mol. The molecular formula is C36H37NO13. The summed E-state index contributed by atoms with van der Waals surface area (Å²) in [6.07, 6.45) is -8.66. The zero-order chi connectivity index (χ0) is 35.9. The predicted octanol–water partition coefficient (Wildman–Crippen LogP) is 3.29. The fourth-order valence-corrected chi connectivity index (χ4v) is 6.10. The fourth-order valence-electron chi connectivity index (χ4n) is 6.10. The van der Waals surface area contributed by atoms with Crippen LogP contribution in [0.5, 0.6) is 5.75 Å². The molecule has 3 aromatic rings. The normalized spacial score (nSPS) is 20.8. The van der Waals surface area contributed by atoms with Gasteiger partial charge in [0, 0.05) is 38.8 Å². The summed E-state index contributed by atoms with van der Waals surface area (Å²) >= 11 is 0. The number of benzene rings is 3. The number of methoxy groups -OCH3 is 1. The van der Waals surface area contributed by atoms with E-state index in [4.69, 9.17) is 33.2 Å². The number of aliphatic hydroxyl groups is 1. The standard InChI is InChI=1S/C36H37NO13/c1-19(39)46-30-31(47-20(2)40)33(48-21(3)41)35(50-32(30)34(42)44-4)49-29-14-13-22(17-38)15-23(29)16-37-36(43)45-18-28-26-11-7-5-9-24(26)25-10-6-8-12-27(25)28/h5-15,28,30-33,35,38H,16-18H2,1-4H3,(H,37,43)/t30-,31-,32-,33+,35+/m0/s1. The maximum absolute atomic E-state index is 13.0. The molecule has 1 fully saturated rings. The summed E-state index contributed by atoms with van der Waals surface area (Å²) < 4.78 is 38.6. The van der Waals surface area contributed by atoms with Crippen molar-refractivity contribution in [3.63, 3.8) is 0 Å². The van der Waals surface area contributed by atoms with E-state index >= 15 is 0 Å². The summed E-state index contributed by atoms with van der Waals surface area (Å²) in [5, 5.41) is 12.5. The molecule has 0 spiro atoms. The molecule has 50 heavy (non-hydrogen) atoms. The zero-order valence-corrected chi connectivity index (χ0v) is 27.8. The van der Waals surface area contributed by atoms with E-state index in [2.05, 4.69) is 5.32 Å². The Morgan fingerprint density at radius 1 is 0.780 bits per heavy atom. The van der Waals surface area contributed by atoms with Crippen molar-refractivity contribution >= 4 is 30.0 Å². The molecule has 0 unspecified atom stereocenters. The molecule has 14 nitrogen and oxygen atoms in total. The van der Waals surface area contributed by atoms with Gasteiger partial charge in [0.1, 0.15) is 12.4 Å². The Kier molecular flexibility index (Phi) is 11.3. The lowest BCUT2D eigenvalue weighted by Gasteiger charge is -2.43. The van der Waals surface area contributed by atoms with Crippen molar-refractivity contribution in [3.8, 4) is 16.9 Å². The van der Waals surface area contributed by atoms with E-state index in [0.29, 0.717) is 11.1 Å². The van der Waals surface area contributed by atoms with Crippen LogP contribution in [0.25, 0.3) is 11.1 Å². The van der Waals surface area contributed by atoms with Crippen molar-refractivity contribution in [3.05, 3.63) is 89.0 Å². The molecule has 3 aromatic carbocycles. The van der Waals surface area contributed by atoms with Crippen molar-refractivity contribution in [2.75, 3.05) is 13.7 Å². The number of ether oxygens (including phenoxy) is 7. The molecule has 1 aliphatic heterocycles. The number of aliphatic hydroxyl groups excluding tert-OH is 1. The number of carbonyl (C=O) groups is 5. The second kappa shape index (κ2) is 15.8. The van der Waals surface area contributed by atoms with Crippen LogP contribution < -0.4 is 10.1 Å². The Morgan fingerprint density at radius 3 is 1.94 bits per heavy atom. The van der Waals surface area contributed by atoms with Crippen molar-refractivity contribution in [1.82, 2.24) is 5.32 Å². The Morgan fingerprint density at radius 2 is 1.36 bits per heavy atom. The smallest absolute Gasteiger partial charge is 0.407 e. The summed E-state index contributed by atoms with van der Waals surface area (Å²) in [7, 11) is 1.08. The minimum Gasteiger partial charge on any atom is -0.467 e. The van der Waals surface area contributed by atoms with Gasteiger partial charge < -0.3 is 43.6 Å². The van der Waals surface area contributed by atoms with Gasteiger partial charge in [0.15, 0.2) is 18.3 Å². The van der Waals surface area contributed by atoms with Crippen LogP contribution in [0.2, 0.25) is 0 Å². The number of esters is 4. The van der Waals surface area contributed by atoms with Gasteiger partial charge in [0.05, 0.1) is 13.7 Å². The van der Waals surface area contributed by atoms with Crippen molar-refractivity contribution in [1.29, 1.82) is 0 Å². The lowest BCUT2D eigenvalue weighted by atomic mass is 9.97. The van der Waals surface area contributed by atoms with Crippen molar-refractivity contribution in [2.45, 2.75) is 70.5 Å². The predicted molar refractivity (Wildman–Crippen MR) is 172 cm³/mol. The highest BCUT2D eigenvalue weighted by Gasteiger charge is 2.56. The molecule has 2 N–H and O–H groups in total. The average molecular weight is 692 g/mol. The Labute approximate surface area is 287 Å². The fraction of sp³-hybridized carbons (Fsp3) is 0.361. The highest BCUT2D eigenvalue weighted by Crippen LogP contribution is 2.44. The van der Waals surface area contributed by atoms with E-state index in [1.54, 1.807) is 12.1 Å². The third-order valence-corrected chi connectivity index (χ3v) is 8.15. The van der Waals surface area contributed by atoms with Gasteiger partial charge in [-0.25, -0.2) is 9.59 Å². The molecule has 0 bridgehead atoms. The number of nitrogens with one attached hydrogen (secondary N) is 1.